The third-order valence-corrected chi connectivity index (χ3v) is 2.66. The molecule has 0 aromatic carbocycles. The van der Waals surface area contributed by atoms with Crippen molar-refractivity contribution in [3.05, 3.63) is 0 Å². The second-order valence-electron chi connectivity index (χ2n) is 4.04. The van der Waals surface area contributed by atoms with Crippen molar-refractivity contribution in [2.75, 3.05) is 6.61 Å². The van der Waals surface area contributed by atoms with Gasteiger partial charge in [0.1, 0.15) is 12.1 Å². The number of carbonyl (C=O) groups excluding carboxylic acids is 1. The zero-order valence-corrected chi connectivity index (χ0v) is 9.57. The van der Waals surface area contributed by atoms with E-state index in [-0.39, 0.29) is 5.91 Å². The summed E-state index contributed by atoms with van der Waals surface area (Å²) in [7, 11) is 0. The van der Waals surface area contributed by atoms with Crippen molar-refractivity contribution in [1.82, 2.24) is 5.32 Å². The normalized spacial score (nSPS) is 22.4. The smallest absolute Gasteiger partial charge is 0.326 e. The molecule has 0 radical (unpaired) electrons. The molecule has 0 aliphatic carbocycles. The molecule has 0 aromatic heterocycles. The minimum atomic E-state index is -0.981. The molecule has 1 aliphatic heterocycles. The van der Waals surface area contributed by atoms with Gasteiger partial charge in [0.25, 0.3) is 0 Å². The maximum Gasteiger partial charge on any atom is 0.326 e. The van der Waals surface area contributed by atoms with Crippen molar-refractivity contribution in [3.63, 3.8) is 0 Å². The number of carbonyl (C=O) groups is 2. The third-order valence-electron chi connectivity index (χ3n) is 2.66. The van der Waals surface area contributed by atoms with Crippen LogP contribution in [0.15, 0.2) is 0 Å². The maximum atomic E-state index is 11.7. The van der Waals surface area contributed by atoms with E-state index in [9.17, 15) is 9.59 Å². The van der Waals surface area contributed by atoms with Gasteiger partial charge in [0.15, 0.2) is 0 Å². The summed E-state index contributed by atoms with van der Waals surface area (Å²) in [4.78, 5) is 22.5. The highest BCUT2D eigenvalue weighted by Crippen LogP contribution is 2.13. The van der Waals surface area contributed by atoms with Gasteiger partial charge >= 0.3 is 5.97 Å². The summed E-state index contributed by atoms with van der Waals surface area (Å²) in [6.07, 6.45) is 3.33. The fraction of sp³-hybridized carbons (Fsp3) is 0.818. The highest BCUT2D eigenvalue weighted by atomic mass is 16.5. The molecule has 0 saturated carbocycles. The average molecular weight is 229 g/mol. The molecular weight excluding hydrogens is 210 g/mol. The highest BCUT2D eigenvalue weighted by molar-refractivity contribution is 5.86. The Bertz CT molecular complexity index is 248. The van der Waals surface area contributed by atoms with Gasteiger partial charge < -0.3 is 15.2 Å². The second kappa shape index (κ2) is 6.48. The SMILES string of the molecule is CCCC(NC(=O)C1CCCCO1)C(=O)O. The molecule has 2 unspecified atom stereocenters. The Balaban J connectivity index is 2.43. The van der Waals surface area contributed by atoms with E-state index in [0.29, 0.717) is 19.4 Å². The molecule has 1 saturated heterocycles. The van der Waals surface area contributed by atoms with E-state index >= 15 is 0 Å². The van der Waals surface area contributed by atoms with Crippen LogP contribution in [0.2, 0.25) is 0 Å². The molecule has 0 spiro atoms. The fourth-order valence-corrected chi connectivity index (χ4v) is 1.76. The molecule has 0 aromatic rings. The summed E-state index contributed by atoms with van der Waals surface area (Å²) < 4.78 is 5.29. The maximum absolute atomic E-state index is 11.7. The average Bonchev–Trinajstić information content (AvgIpc) is 2.29. The molecule has 1 heterocycles. The van der Waals surface area contributed by atoms with Crippen LogP contribution in [-0.2, 0) is 14.3 Å². The van der Waals surface area contributed by atoms with E-state index in [1.807, 2.05) is 6.92 Å². The molecule has 1 rings (SSSR count). The van der Waals surface area contributed by atoms with Crippen LogP contribution < -0.4 is 5.32 Å². The number of aliphatic carboxylic acids is 1. The van der Waals surface area contributed by atoms with Crippen LogP contribution in [0.5, 0.6) is 0 Å². The van der Waals surface area contributed by atoms with Crippen LogP contribution in [-0.4, -0.2) is 35.7 Å². The summed E-state index contributed by atoms with van der Waals surface area (Å²) in [5.41, 5.74) is 0. The van der Waals surface area contributed by atoms with E-state index in [2.05, 4.69) is 5.32 Å². The molecule has 1 aliphatic rings. The van der Waals surface area contributed by atoms with Gasteiger partial charge in [-0.1, -0.05) is 13.3 Å². The van der Waals surface area contributed by atoms with Crippen molar-refractivity contribution in [2.45, 2.75) is 51.2 Å². The predicted molar refractivity (Wildman–Crippen MR) is 58.1 cm³/mol. The topological polar surface area (TPSA) is 75.6 Å². The minimum Gasteiger partial charge on any atom is -0.480 e. The summed E-state index contributed by atoms with van der Waals surface area (Å²) in [5.74, 6) is -1.27. The Labute approximate surface area is 95.2 Å². The van der Waals surface area contributed by atoms with Gasteiger partial charge in [-0.25, -0.2) is 4.79 Å². The fourth-order valence-electron chi connectivity index (χ4n) is 1.76. The molecule has 2 N–H and O–H groups in total. The first kappa shape index (κ1) is 13.0. The summed E-state index contributed by atoms with van der Waals surface area (Å²) >= 11 is 0. The molecule has 16 heavy (non-hydrogen) atoms. The van der Waals surface area contributed by atoms with Crippen LogP contribution in [0.3, 0.4) is 0 Å². The van der Waals surface area contributed by atoms with E-state index < -0.39 is 18.1 Å². The van der Waals surface area contributed by atoms with Gasteiger partial charge in [0.2, 0.25) is 5.91 Å². The molecular formula is C11H19NO4. The lowest BCUT2D eigenvalue weighted by Gasteiger charge is -2.23. The molecule has 1 fully saturated rings. The van der Waals surface area contributed by atoms with Crippen molar-refractivity contribution < 1.29 is 19.4 Å². The number of carboxylic acid groups (broad SMARTS) is 1. The number of hydrogen-bond acceptors (Lipinski definition) is 3. The van der Waals surface area contributed by atoms with Crippen molar-refractivity contribution in [3.8, 4) is 0 Å². The quantitative estimate of drug-likeness (QED) is 0.735. The van der Waals surface area contributed by atoms with E-state index in [0.717, 1.165) is 19.3 Å². The Kier molecular flexibility index (Phi) is 5.25. The predicted octanol–water partition coefficient (Wildman–Crippen LogP) is 0.925. The van der Waals surface area contributed by atoms with E-state index in [1.165, 1.54) is 0 Å². The largest absolute Gasteiger partial charge is 0.480 e. The minimum absolute atomic E-state index is 0.291. The molecule has 0 bridgehead atoms. The van der Waals surface area contributed by atoms with Gasteiger partial charge in [0, 0.05) is 6.61 Å². The molecule has 92 valence electrons. The van der Waals surface area contributed by atoms with Gasteiger partial charge in [0.05, 0.1) is 0 Å². The van der Waals surface area contributed by atoms with Crippen LogP contribution in [0.1, 0.15) is 39.0 Å². The summed E-state index contributed by atoms with van der Waals surface area (Å²) in [6, 6.07) is -0.789. The van der Waals surface area contributed by atoms with Crippen LogP contribution in [0.25, 0.3) is 0 Å². The third kappa shape index (κ3) is 3.81. The van der Waals surface area contributed by atoms with Gasteiger partial charge in [-0.15, -0.1) is 0 Å². The Morgan fingerprint density at radius 2 is 2.25 bits per heavy atom. The summed E-state index contributed by atoms with van der Waals surface area (Å²) in [5, 5.41) is 11.4. The first-order valence-electron chi connectivity index (χ1n) is 5.80. The van der Waals surface area contributed by atoms with Crippen LogP contribution in [0, 0.1) is 0 Å². The van der Waals surface area contributed by atoms with E-state index in [4.69, 9.17) is 9.84 Å². The lowest BCUT2D eigenvalue weighted by atomic mass is 10.1. The number of hydrogen-bond donors (Lipinski definition) is 2. The van der Waals surface area contributed by atoms with Gasteiger partial charge in [-0.2, -0.15) is 0 Å². The highest BCUT2D eigenvalue weighted by Gasteiger charge is 2.26. The number of rotatable bonds is 5. The molecule has 1 amide bonds. The van der Waals surface area contributed by atoms with Gasteiger partial charge in [-0.05, 0) is 25.7 Å². The van der Waals surface area contributed by atoms with Gasteiger partial charge in [-0.3, -0.25) is 4.79 Å². The number of carboxylic acids is 1. The zero-order chi connectivity index (χ0) is 12.0. The number of nitrogens with one attached hydrogen (secondary N) is 1. The lowest BCUT2D eigenvalue weighted by molar-refractivity contribution is -0.145. The number of amides is 1. The van der Waals surface area contributed by atoms with E-state index in [1.54, 1.807) is 0 Å². The first-order chi connectivity index (χ1) is 7.65. The number of ether oxygens (including phenoxy) is 1. The molecule has 2 atom stereocenters. The molecule has 5 heteroatoms. The monoisotopic (exact) mass is 229 g/mol. The standard InChI is InChI=1S/C11H19NO4/c1-2-5-8(11(14)15)12-10(13)9-6-3-4-7-16-9/h8-9H,2-7H2,1H3,(H,12,13)(H,14,15). The second-order valence-corrected chi connectivity index (χ2v) is 4.04. The van der Waals surface area contributed by atoms with Crippen molar-refractivity contribution >= 4 is 11.9 Å². The van der Waals surface area contributed by atoms with Crippen molar-refractivity contribution in [1.29, 1.82) is 0 Å². The van der Waals surface area contributed by atoms with Crippen LogP contribution >= 0.6 is 0 Å². The lowest BCUT2D eigenvalue weighted by Crippen LogP contribution is -2.46. The summed E-state index contributed by atoms with van der Waals surface area (Å²) in [6.45, 7) is 2.48. The molecule has 5 nitrogen and oxygen atoms in total. The first-order valence-corrected chi connectivity index (χ1v) is 5.80. The Hall–Kier alpha value is -1.10. The van der Waals surface area contributed by atoms with Crippen LogP contribution in [0.4, 0.5) is 0 Å². The Morgan fingerprint density at radius 1 is 1.50 bits per heavy atom. The Morgan fingerprint density at radius 3 is 2.75 bits per heavy atom. The van der Waals surface area contributed by atoms with Crippen molar-refractivity contribution in [2.24, 2.45) is 0 Å². The zero-order valence-electron chi connectivity index (χ0n) is 9.57.